The van der Waals surface area contributed by atoms with Gasteiger partial charge in [0.15, 0.2) is 7.85 Å². The fraction of sp³-hybridized carbons (Fsp3) is 0.182. The van der Waals surface area contributed by atoms with Gasteiger partial charge in [-0.3, -0.25) is 0 Å². The Morgan fingerprint density at radius 2 is 2.07 bits per heavy atom. The first-order valence-corrected chi connectivity index (χ1v) is 8.67. The molecule has 0 spiro atoms. The maximum absolute atomic E-state index is 14.5. The summed E-state index contributed by atoms with van der Waals surface area (Å²) in [5, 5.41) is 12.6. The molecule has 0 aromatic heterocycles. The summed E-state index contributed by atoms with van der Waals surface area (Å²) >= 11 is 0. The molecule has 0 aliphatic rings. The lowest BCUT2D eigenvalue weighted by molar-refractivity contribution is 0.613. The van der Waals surface area contributed by atoms with Gasteiger partial charge in [0, 0.05) is 37.5 Å². The van der Waals surface area contributed by atoms with E-state index in [1.165, 1.54) is 6.07 Å². The van der Waals surface area contributed by atoms with Crippen LogP contribution in [-0.4, -0.2) is 32.6 Å². The van der Waals surface area contributed by atoms with Crippen molar-refractivity contribution in [3.05, 3.63) is 77.3 Å². The van der Waals surface area contributed by atoms with Gasteiger partial charge in [-0.15, -0.1) is 0 Å². The standard InChI is InChI=1S/C22H22BFN4/c1-6-16-11-15(7-9-20(16)27-22(23)28(4)5)12-17-18(13-25)21(26-14(2)3)10-8-19(17)24/h6-11,26H,1-2,12H2,3-5H3. The summed E-state index contributed by atoms with van der Waals surface area (Å²) in [6, 6.07) is 10.5. The smallest absolute Gasteiger partial charge is 0.167 e. The maximum atomic E-state index is 14.5. The van der Waals surface area contributed by atoms with E-state index in [1.807, 2.05) is 18.2 Å². The SMILES string of the molecule is [B]C(=Nc1ccc(Cc2c(F)ccc(NC(=C)C)c2C#N)cc1C=C)N(C)C. The Bertz CT molecular complexity index is 987. The Kier molecular flexibility index (Phi) is 6.78. The number of allylic oxidation sites excluding steroid dienone is 1. The fourth-order valence-electron chi connectivity index (χ4n) is 2.66. The minimum Gasteiger partial charge on any atom is -0.375 e. The van der Waals surface area contributed by atoms with Crippen LogP contribution in [0.25, 0.3) is 6.08 Å². The van der Waals surface area contributed by atoms with Gasteiger partial charge in [0.25, 0.3) is 0 Å². The number of benzene rings is 2. The van der Waals surface area contributed by atoms with Crippen molar-refractivity contribution in [3.63, 3.8) is 0 Å². The average Bonchev–Trinajstić information content (AvgIpc) is 2.65. The first-order valence-electron chi connectivity index (χ1n) is 8.67. The van der Waals surface area contributed by atoms with Crippen molar-refractivity contribution in [1.82, 2.24) is 4.90 Å². The highest BCUT2D eigenvalue weighted by atomic mass is 19.1. The molecule has 4 nitrogen and oxygen atoms in total. The van der Waals surface area contributed by atoms with Gasteiger partial charge in [-0.1, -0.05) is 25.3 Å². The van der Waals surface area contributed by atoms with Gasteiger partial charge in [-0.25, -0.2) is 9.38 Å². The Labute approximate surface area is 167 Å². The summed E-state index contributed by atoms with van der Waals surface area (Å²) in [5.41, 5.74) is 4.45. The quantitative estimate of drug-likeness (QED) is 0.458. The highest BCUT2D eigenvalue weighted by molar-refractivity contribution is 6.59. The predicted molar refractivity (Wildman–Crippen MR) is 115 cm³/mol. The highest BCUT2D eigenvalue weighted by Gasteiger charge is 2.15. The van der Waals surface area contributed by atoms with Crippen molar-refractivity contribution in [2.75, 3.05) is 19.4 Å². The Morgan fingerprint density at radius 1 is 1.36 bits per heavy atom. The predicted octanol–water partition coefficient (Wildman–Crippen LogP) is 4.59. The van der Waals surface area contributed by atoms with Gasteiger partial charge >= 0.3 is 0 Å². The molecule has 0 aliphatic carbocycles. The normalized spacial score (nSPS) is 10.9. The van der Waals surface area contributed by atoms with E-state index >= 15 is 0 Å². The number of nitriles is 1. The number of hydrogen-bond acceptors (Lipinski definition) is 3. The van der Waals surface area contributed by atoms with E-state index in [4.69, 9.17) is 7.85 Å². The van der Waals surface area contributed by atoms with E-state index in [-0.39, 0.29) is 12.0 Å². The van der Waals surface area contributed by atoms with E-state index in [9.17, 15) is 9.65 Å². The zero-order valence-electron chi connectivity index (χ0n) is 16.4. The first kappa shape index (κ1) is 21.0. The summed E-state index contributed by atoms with van der Waals surface area (Å²) in [6.45, 7) is 9.38. The zero-order valence-corrected chi connectivity index (χ0v) is 16.4. The Morgan fingerprint density at radius 3 is 2.64 bits per heavy atom. The average molecular weight is 372 g/mol. The Balaban J connectivity index is 2.46. The largest absolute Gasteiger partial charge is 0.375 e. The maximum Gasteiger partial charge on any atom is 0.167 e. The minimum absolute atomic E-state index is 0.258. The molecule has 2 aromatic carbocycles. The zero-order chi connectivity index (χ0) is 20.8. The first-order chi connectivity index (χ1) is 13.3. The molecular formula is C22H22BFN4. The molecule has 28 heavy (non-hydrogen) atoms. The van der Waals surface area contributed by atoms with Gasteiger partial charge in [-0.2, -0.15) is 5.26 Å². The number of hydrogen-bond donors (Lipinski definition) is 1. The molecule has 0 aliphatic heterocycles. The van der Waals surface area contributed by atoms with Crippen LogP contribution in [0, 0.1) is 17.1 Å². The van der Waals surface area contributed by atoms with Gasteiger partial charge in [-0.05, 0) is 42.3 Å². The number of nitrogens with one attached hydrogen (secondary N) is 1. The van der Waals surface area contributed by atoms with Gasteiger partial charge in [0.2, 0.25) is 0 Å². The second kappa shape index (κ2) is 9.05. The van der Waals surface area contributed by atoms with Gasteiger partial charge < -0.3 is 10.2 Å². The van der Waals surface area contributed by atoms with E-state index in [2.05, 4.69) is 29.5 Å². The van der Waals surface area contributed by atoms with Crippen LogP contribution >= 0.6 is 0 Å². The van der Waals surface area contributed by atoms with Crippen LogP contribution in [0.5, 0.6) is 0 Å². The molecule has 140 valence electrons. The second-order valence-electron chi connectivity index (χ2n) is 6.60. The van der Waals surface area contributed by atoms with Crippen LogP contribution in [0.1, 0.15) is 29.2 Å². The van der Waals surface area contributed by atoms with Crippen molar-refractivity contribution in [2.24, 2.45) is 4.99 Å². The van der Waals surface area contributed by atoms with Crippen LogP contribution in [0.2, 0.25) is 0 Å². The summed E-state index contributed by atoms with van der Waals surface area (Å²) in [6.07, 6.45) is 1.93. The fourth-order valence-corrected chi connectivity index (χ4v) is 2.66. The van der Waals surface area contributed by atoms with Crippen LogP contribution in [-0.2, 0) is 6.42 Å². The molecule has 0 bridgehead atoms. The second-order valence-corrected chi connectivity index (χ2v) is 6.60. The van der Waals surface area contributed by atoms with E-state index < -0.39 is 5.82 Å². The van der Waals surface area contributed by atoms with Crippen LogP contribution in [0.15, 0.2) is 54.2 Å². The van der Waals surface area contributed by atoms with Crippen LogP contribution in [0.4, 0.5) is 15.8 Å². The molecule has 0 saturated heterocycles. The molecular weight excluding hydrogens is 350 g/mol. The number of halogens is 1. The minimum atomic E-state index is -0.428. The van der Waals surface area contributed by atoms with Gasteiger partial charge in [0.1, 0.15) is 11.9 Å². The third kappa shape index (κ3) is 4.89. The highest BCUT2D eigenvalue weighted by Crippen LogP contribution is 2.28. The number of rotatable bonds is 6. The summed E-state index contributed by atoms with van der Waals surface area (Å²) in [5.74, 6) is -0.428. The molecule has 0 unspecified atom stereocenters. The molecule has 0 atom stereocenters. The van der Waals surface area contributed by atoms with Crippen molar-refractivity contribution in [2.45, 2.75) is 13.3 Å². The molecule has 6 heteroatoms. The van der Waals surface area contributed by atoms with Crippen molar-refractivity contribution in [3.8, 4) is 6.07 Å². The van der Waals surface area contributed by atoms with Crippen LogP contribution in [0.3, 0.4) is 0 Å². The van der Waals surface area contributed by atoms with Crippen molar-refractivity contribution in [1.29, 1.82) is 5.26 Å². The summed E-state index contributed by atoms with van der Waals surface area (Å²) in [7, 11) is 9.50. The van der Waals surface area contributed by atoms with Crippen molar-refractivity contribution < 1.29 is 4.39 Å². The lowest BCUT2D eigenvalue weighted by Crippen LogP contribution is -2.21. The molecule has 2 aromatic rings. The van der Waals surface area contributed by atoms with Crippen LogP contribution < -0.4 is 5.32 Å². The van der Waals surface area contributed by atoms with E-state index in [1.54, 1.807) is 38.1 Å². The van der Waals surface area contributed by atoms with Crippen molar-refractivity contribution >= 4 is 31.0 Å². The number of amidine groups is 1. The van der Waals surface area contributed by atoms with E-state index in [0.29, 0.717) is 28.4 Å². The monoisotopic (exact) mass is 372 g/mol. The number of aliphatic imine (C=N–C) groups is 1. The molecule has 0 heterocycles. The molecule has 1 N–H and O–H groups in total. The summed E-state index contributed by atoms with van der Waals surface area (Å²) < 4.78 is 14.5. The number of nitrogens with zero attached hydrogens (tertiary/aromatic N) is 3. The van der Waals surface area contributed by atoms with E-state index in [0.717, 1.165) is 11.1 Å². The molecule has 0 saturated carbocycles. The van der Waals surface area contributed by atoms with Gasteiger partial charge in [0.05, 0.1) is 16.9 Å². The molecule has 0 fully saturated rings. The lowest BCUT2D eigenvalue weighted by Gasteiger charge is -2.15. The molecule has 2 rings (SSSR count). The topological polar surface area (TPSA) is 51.4 Å². The number of anilines is 1. The molecule has 2 radical (unpaired) electrons. The Hall–Kier alpha value is -3.33. The molecule has 0 amide bonds. The lowest BCUT2D eigenvalue weighted by atomic mass is 9.96. The third-order valence-corrected chi connectivity index (χ3v) is 4.10. The summed E-state index contributed by atoms with van der Waals surface area (Å²) in [4.78, 5) is 6.08. The third-order valence-electron chi connectivity index (χ3n) is 4.10.